The van der Waals surface area contributed by atoms with Gasteiger partial charge < -0.3 is 10.5 Å². The molecule has 0 saturated carbocycles. The van der Waals surface area contributed by atoms with Crippen LogP contribution in [0.1, 0.15) is 12.1 Å². The Morgan fingerprint density at radius 2 is 2.47 bits per heavy atom. The Kier molecular flexibility index (Phi) is 3.18. The van der Waals surface area contributed by atoms with Gasteiger partial charge in [-0.2, -0.15) is 0 Å². The van der Waals surface area contributed by atoms with E-state index in [1.54, 1.807) is 7.11 Å². The molecule has 0 spiro atoms. The number of rotatable bonds is 4. The van der Waals surface area contributed by atoms with Crippen LogP contribution in [0.4, 0.5) is 0 Å². The molecule has 82 valence electrons. The lowest BCUT2D eigenvalue weighted by molar-refractivity contribution is 0.0865. The van der Waals surface area contributed by atoms with Gasteiger partial charge in [0.1, 0.15) is 0 Å². The molecule has 0 radical (unpaired) electrons. The van der Waals surface area contributed by atoms with Gasteiger partial charge in [-0.15, -0.1) is 0 Å². The lowest BCUT2D eigenvalue weighted by atomic mass is 10.0. The molecule has 1 aromatic heterocycles. The van der Waals surface area contributed by atoms with Crippen molar-refractivity contribution < 1.29 is 4.74 Å². The van der Waals surface area contributed by atoms with E-state index in [0.717, 1.165) is 25.3 Å². The smallest absolute Gasteiger partial charge is 0.213 e. The lowest BCUT2D eigenvalue weighted by Crippen LogP contribution is -2.51. The largest absolute Gasteiger partial charge is 0.481 e. The molecule has 1 aliphatic rings. The molecule has 1 saturated heterocycles. The van der Waals surface area contributed by atoms with Crippen LogP contribution in [0, 0.1) is 0 Å². The van der Waals surface area contributed by atoms with Crippen LogP contribution in [-0.4, -0.2) is 36.1 Å². The number of methoxy groups -OCH3 is 1. The van der Waals surface area contributed by atoms with Crippen molar-refractivity contribution in [2.45, 2.75) is 19.0 Å². The highest BCUT2D eigenvalue weighted by atomic mass is 16.5. The first-order chi connectivity index (χ1) is 7.33. The summed E-state index contributed by atoms with van der Waals surface area (Å²) in [6, 6.07) is 6.39. The minimum Gasteiger partial charge on any atom is -0.481 e. The van der Waals surface area contributed by atoms with Crippen molar-refractivity contribution in [3.63, 3.8) is 0 Å². The van der Waals surface area contributed by atoms with Gasteiger partial charge in [-0.25, -0.2) is 4.98 Å². The van der Waals surface area contributed by atoms with Crippen molar-refractivity contribution >= 4 is 0 Å². The summed E-state index contributed by atoms with van der Waals surface area (Å²) in [5.41, 5.74) is 6.70. The molecule has 0 amide bonds. The maximum absolute atomic E-state index is 5.65. The molecular formula is C11H17N3O. The van der Waals surface area contributed by atoms with Crippen LogP contribution < -0.4 is 10.5 Å². The molecule has 0 bridgehead atoms. The van der Waals surface area contributed by atoms with Crippen LogP contribution in [0.15, 0.2) is 18.2 Å². The molecule has 1 aliphatic heterocycles. The fraction of sp³-hybridized carbons (Fsp3) is 0.545. The number of ether oxygens (including phenoxy) is 1. The molecule has 2 N–H and O–H groups in total. The van der Waals surface area contributed by atoms with Gasteiger partial charge in [-0.3, -0.25) is 4.90 Å². The Labute approximate surface area is 90.0 Å². The Morgan fingerprint density at radius 1 is 1.60 bits per heavy atom. The van der Waals surface area contributed by atoms with Crippen molar-refractivity contribution in [3.8, 4) is 5.88 Å². The van der Waals surface area contributed by atoms with E-state index < -0.39 is 0 Å². The lowest BCUT2D eigenvalue weighted by Gasteiger charge is -2.40. The predicted molar refractivity (Wildman–Crippen MR) is 58.7 cm³/mol. The molecule has 4 heteroatoms. The van der Waals surface area contributed by atoms with Gasteiger partial charge in [0.05, 0.1) is 12.8 Å². The minimum absolute atomic E-state index is 0.540. The monoisotopic (exact) mass is 207 g/mol. The van der Waals surface area contributed by atoms with Crippen LogP contribution >= 0.6 is 0 Å². The van der Waals surface area contributed by atoms with E-state index in [1.165, 1.54) is 6.42 Å². The van der Waals surface area contributed by atoms with Gasteiger partial charge in [-0.1, -0.05) is 6.07 Å². The molecule has 1 fully saturated rings. The van der Waals surface area contributed by atoms with Gasteiger partial charge in [0.25, 0.3) is 0 Å². The third-order valence-corrected chi connectivity index (χ3v) is 2.89. The number of likely N-dealkylation sites (tertiary alicyclic amines) is 1. The molecule has 15 heavy (non-hydrogen) atoms. The molecule has 4 nitrogen and oxygen atoms in total. The standard InChI is InChI=1S/C11H17N3O/c1-15-11-4-2-3-9(13-11)8-14-6-5-10(14)7-12/h2-4,10H,5-8,12H2,1H3. The van der Waals surface area contributed by atoms with E-state index in [0.29, 0.717) is 11.9 Å². The second kappa shape index (κ2) is 4.59. The molecule has 1 unspecified atom stereocenters. The summed E-state index contributed by atoms with van der Waals surface area (Å²) in [5.74, 6) is 0.678. The summed E-state index contributed by atoms with van der Waals surface area (Å²) >= 11 is 0. The number of aromatic nitrogens is 1. The van der Waals surface area contributed by atoms with Gasteiger partial charge in [-0.05, 0) is 12.5 Å². The van der Waals surface area contributed by atoms with E-state index in [9.17, 15) is 0 Å². The van der Waals surface area contributed by atoms with Crippen LogP contribution in [0.25, 0.3) is 0 Å². The van der Waals surface area contributed by atoms with Crippen LogP contribution in [0.3, 0.4) is 0 Å². The van der Waals surface area contributed by atoms with Gasteiger partial charge in [0, 0.05) is 31.7 Å². The molecule has 1 aromatic rings. The molecule has 1 atom stereocenters. The normalized spacial score (nSPS) is 21.1. The summed E-state index contributed by atoms with van der Waals surface area (Å²) in [7, 11) is 1.64. The Hall–Kier alpha value is -1.13. The first kappa shape index (κ1) is 10.4. The number of hydrogen-bond donors (Lipinski definition) is 1. The van der Waals surface area contributed by atoms with Crippen molar-refractivity contribution in [1.29, 1.82) is 0 Å². The average molecular weight is 207 g/mol. The maximum Gasteiger partial charge on any atom is 0.213 e. The minimum atomic E-state index is 0.540. The summed E-state index contributed by atoms with van der Waals surface area (Å²) in [5, 5.41) is 0. The first-order valence-electron chi connectivity index (χ1n) is 5.27. The summed E-state index contributed by atoms with van der Waals surface area (Å²) in [6.07, 6.45) is 1.21. The highest BCUT2D eigenvalue weighted by molar-refractivity contribution is 5.16. The SMILES string of the molecule is COc1cccc(CN2CCC2CN)n1. The van der Waals surface area contributed by atoms with E-state index in [1.807, 2.05) is 18.2 Å². The number of nitrogens with two attached hydrogens (primary N) is 1. The summed E-state index contributed by atoms with van der Waals surface area (Å²) in [6.45, 7) is 2.74. The van der Waals surface area contributed by atoms with E-state index in [4.69, 9.17) is 10.5 Å². The number of pyridine rings is 1. The molecule has 0 aliphatic carbocycles. The van der Waals surface area contributed by atoms with Crippen LogP contribution in [-0.2, 0) is 6.54 Å². The van der Waals surface area contributed by atoms with Crippen LogP contribution in [0.5, 0.6) is 5.88 Å². The third-order valence-electron chi connectivity index (χ3n) is 2.89. The average Bonchev–Trinajstić information content (AvgIpc) is 2.25. The van der Waals surface area contributed by atoms with E-state index >= 15 is 0 Å². The van der Waals surface area contributed by atoms with Crippen molar-refractivity contribution in [2.75, 3.05) is 20.2 Å². The summed E-state index contributed by atoms with van der Waals surface area (Å²) in [4.78, 5) is 6.73. The highest BCUT2D eigenvalue weighted by Gasteiger charge is 2.26. The van der Waals surface area contributed by atoms with Gasteiger partial charge in [0.2, 0.25) is 5.88 Å². The molecule has 0 aromatic carbocycles. The first-order valence-corrected chi connectivity index (χ1v) is 5.27. The van der Waals surface area contributed by atoms with Crippen LogP contribution in [0.2, 0.25) is 0 Å². The Bertz CT molecular complexity index is 327. The molecular weight excluding hydrogens is 190 g/mol. The van der Waals surface area contributed by atoms with E-state index in [-0.39, 0.29) is 0 Å². The zero-order chi connectivity index (χ0) is 10.7. The second-order valence-corrected chi connectivity index (χ2v) is 3.82. The maximum atomic E-state index is 5.65. The zero-order valence-electron chi connectivity index (χ0n) is 9.02. The summed E-state index contributed by atoms with van der Waals surface area (Å²) < 4.78 is 5.09. The number of nitrogens with zero attached hydrogens (tertiary/aromatic N) is 2. The van der Waals surface area contributed by atoms with Gasteiger partial charge >= 0.3 is 0 Å². The predicted octanol–water partition coefficient (Wildman–Crippen LogP) is 0.623. The Morgan fingerprint density at radius 3 is 3.07 bits per heavy atom. The molecule has 2 rings (SSSR count). The van der Waals surface area contributed by atoms with E-state index in [2.05, 4.69) is 9.88 Å². The fourth-order valence-electron chi connectivity index (χ4n) is 1.84. The zero-order valence-corrected chi connectivity index (χ0v) is 9.02. The third kappa shape index (κ3) is 2.27. The fourth-order valence-corrected chi connectivity index (χ4v) is 1.84. The number of hydrogen-bond acceptors (Lipinski definition) is 4. The Balaban J connectivity index is 1.98. The molecule has 2 heterocycles. The highest BCUT2D eigenvalue weighted by Crippen LogP contribution is 2.19. The quantitative estimate of drug-likeness (QED) is 0.786. The van der Waals surface area contributed by atoms with Crippen molar-refractivity contribution in [3.05, 3.63) is 23.9 Å². The van der Waals surface area contributed by atoms with Gasteiger partial charge in [0.15, 0.2) is 0 Å². The van der Waals surface area contributed by atoms with Crippen molar-refractivity contribution in [1.82, 2.24) is 9.88 Å². The topological polar surface area (TPSA) is 51.4 Å². The second-order valence-electron chi connectivity index (χ2n) is 3.82. The van der Waals surface area contributed by atoms with Crippen molar-refractivity contribution in [2.24, 2.45) is 5.73 Å².